The first-order chi connectivity index (χ1) is 12.9. The number of carbonyl (C=O) groups excluding carboxylic acids is 1. The largest absolute Gasteiger partial charge is 0.322 e. The Morgan fingerprint density at radius 1 is 1.04 bits per heavy atom. The predicted octanol–water partition coefficient (Wildman–Crippen LogP) is 3.44. The normalized spacial score (nSPS) is 15.0. The van der Waals surface area contributed by atoms with Crippen molar-refractivity contribution in [2.45, 2.75) is 20.8 Å². The first-order valence-electron chi connectivity index (χ1n) is 9.75. The van der Waals surface area contributed by atoms with E-state index in [4.69, 9.17) is 0 Å². The van der Waals surface area contributed by atoms with E-state index in [0.29, 0.717) is 0 Å². The molecule has 1 aliphatic heterocycles. The van der Waals surface area contributed by atoms with Gasteiger partial charge in [0.1, 0.15) is 0 Å². The van der Waals surface area contributed by atoms with Crippen LogP contribution in [0.5, 0.6) is 0 Å². The monoisotopic (exact) mass is 370 g/mol. The number of hydrogen-bond donors (Lipinski definition) is 1. The van der Waals surface area contributed by atoms with Crippen LogP contribution < -0.4 is 5.32 Å². The maximum Gasteiger partial charge on any atom is 0.321 e. The summed E-state index contributed by atoms with van der Waals surface area (Å²) >= 11 is 0. The van der Waals surface area contributed by atoms with E-state index in [2.05, 4.69) is 54.3 Å². The van der Waals surface area contributed by atoms with Gasteiger partial charge in [0.15, 0.2) is 0 Å². The second-order valence-corrected chi connectivity index (χ2v) is 7.35. The number of urea groups is 1. The van der Waals surface area contributed by atoms with Gasteiger partial charge < -0.3 is 10.2 Å². The van der Waals surface area contributed by atoms with Crippen molar-refractivity contribution in [1.29, 1.82) is 0 Å². The van der Waals surface area contributed by atoms with E-state index in [0.717, 1.165) is 63.6 Å². The minimum Gasteiger partial charge on any atom is -0.322 e. The van der Waals surface area contributed by atoms with Crippen molar-refractivity contribution < 1.29 is 4.79 Å². The van der Waals surface area contributed by atoms with Crippen LogP contribution in [-0.2, 0) is 0 Å². The van der Waals surface area contributed by atoms with Crippen molar-refractivity contribution in [2.24, 2.45) is 0 Å². The summed E-state index contributed by atoms with van der Waals surface area (Å²) in [5, 5.41) is 3.08. The second-order valence-electron chi connectivity index (χ2n) is 7.35. The Bertz CT molecular complexity index is 653. The van der Waals surface area contributed by atoms with Gasteiger partial charge in [-0.15, -0.1) is 13.2 Å². The zero-order valence-electron chi connectivity index (χ0n) is 17.1. The summed E-state index contributed by atoms with van der Waals surface area (Å²) in [6.45, 7) is 20.9. The van der Waals surface area contributed by atoms with E-state index in [1.165, 1.54) is 11.1 Å². The van der Waals surface area contributed by atoms with Crippen LogP contribution in [0.25, 0.3) is 0 Å². The van der Waals surface area contributed by atoms with E-state index in [9.17, 15) is 4.79 Å². The maximum absolute atomic E-state index is 12.6. The third-order valence-corrected chi connectivity index (χ3v) is 5.25. The minimum absolute atomic E-state index is 0.000874. The Labute approximate surface area is 164 Å². The fourth-order valence-corrected chi connectivity index (χ4v) is 3.37. The molecule has 2 rings (SSSR count). The predicted molar refractivity (Wildman–Crippen MR) is 115 cm³/mol. The lowest BCUT2D eigenvalue weighted by atomic mass is 10.1. The smallest absolute Gasteiger partial charge is 0.321 e. The number of rotatable bonds is 8. The Hall–Kier alpha value is -2.11. The summed E-state index contributed by atoms with van der Waals surface area (Å²) in [5.41, 5.74) is 4.47. The highest BCUT2D eigenvalue weighted by molar-refractivity contribution is 5.90. The van der Waals surface area contributed by atoms with Gasteiger partial charge in [0.2, 0.25) is 0 Å². The molecule has 0 aromatic heterocycles. The van der Waals surface area contributed by atoms with Crippen molar-refractivity contribution in [2.75, 3.05) is 57.7 Å². The van der Waals surface area contributed by atoms with Gasteiger partial charge in [0.25, 0.3) is 0 Å². The molecule has 27 heavy (non-hydrogen) atoms. The molecular formula is C22H34N4O. The number of anilines is 1. The Balaban J connectivity index is 1.81. The summed E-state index contributed by atoms with van der Waals surface area (Å²) in [4.78, 5) is 19.3. The lowest BCUT2D eigenvalue weighted by Gasteiger charge is -2.35. The number of nitrogens with one attached hydrogen (secondary N) is 1. The highest BCUT2D eigenvalue weighted by atomic mass is 16.2. The van der Waals surface area contributed by atoms with Crippen LogP contribution in [0.4, 0.5) is 10.5 Å². The molecule has 1 aromatic carbocycles. The van der Waals surface area contributed by atoms with Gasteiger partial charge in [-0.3, -0.25) is 9.80 Å². The lowest BCUT2D eigenvalue weighted by Crippen LogP contribution is -2.51. The number of piperazine rings is 1. The Morgan fingerprint density at radius 3 is 2.22 bits per heavy atom. The van der Waals surface area contributed by atoms with Gasteiger partial charge in [-0.05, 0) is 43.5 Å². The number of aryl methyl sites for hydroxylation is 3. The zero-order chi connectivity index (χ0) is 19.8. The van der Waals surface area contributed by atoms with E-state index in [1.54, 1.807) is 0 Å². The zero-order valence-corrected chi connectivity index (χ0v) is 17.1. The fourth-order valence-electron chi connectivity index (χ4n) is 3.37. The van der Waals surface area contributed by atoms with Crippen molar-refractivity contribution >= 4 is 11.7 Å². The molecule has 0 radical (unpaired) electrons. The average Bonchev–Trinajstić information content (AvgIpc) is 2.65. The van der Waals surface area contributed by atoms with Gasteiger partial charge in [-0.1, -0.05) is 18.2 Å². The first kappa shape index (κ1) is 21.2. The first-order valence-corrected chi connectivity index (χ1v) is 9.75. The van der Waals surface area contributed by atoms with Gasteiger partial charge >= 0.3 is 6.03 Å². The molecule has 1 aromatic rings. The molecular weight excluding hydrogens is 336 g/mol. The molecule has 1 saturated heterocycles. The number of benzene rings is 1. The molecule has 148 valence electrons. The van der Waals surface area contributed by atoms with Gasteiger partial charge in [-0.25, -0.2) is 4.79 Å². The highest BCUT2D eigenvalue weighted by Crippen LogP contribution is 2.20. The molecule has 1 N–H and O–H groups in total. The van der Waals surface area contributed by atoms with Gasteiger partial charge in [-0.2, -0.15) is 0 Å². The lowest BCUT2D eigenvalue weighted by molar-refractivity contribution is 0.137. The number of hydrogen-bond acceptors (Lipinski definition) is 3. The van der Waals surface area contributed by atoms with Crippen molar-refractivity contribution in [3.8, 4) is 0 Å². The SMILES string of the molecule is C=CCN(CC=C)CCN1CCN(C(=O)Nc2cc(C)c(C)cc2C)CC1. The van der Waals surface area contributed by atoms with Crippen LogP contribution in [0.15, 0.2) is 37.4 Å². The molecule has 1 heterocycles. The average molecular weight is 371 g/mol. The van der Waals surface area contributed by atoms with Gasteiger partial charge in [0, 0.05) is 58.0 Å². The van der Waals surface area contributed by atoms with Crippen LogP contribution >= 0.6 is 0 Å². The minimum atomic E-state index is 0.000874. The van der Waals surface area contributed by atoms with Crippen LogP contribution in [0.2, 0.25) is 0 Å². The van der Waals surface area contributed by atoms with E-state index in [1.807, 2.05) is 24.0 Å². The maximum atomic E-state index is 12.6. The summed E-state index contributed by atoms with van der Waals surface area (Å²) in [6.07, 6.45) is 3.86. The van der Waals surface area contributed by atoms with Crippen LogP contribution in [-0.4, -0.2) is 73.1 Å². The van der Waals surface area contributed by atoms with Crippen LogP contribution in [0.3, 0.4) is 0 Å². The molecule has 2 amide bonds. The van der Waals surface area contributed by atoms with Crippen molar-refractivity contribution in [3.05, 3.63) is 54.1 Å². The number of nitrogens with zero attached hydrogens (tertiary/aromatic N) is 3. The quantitative estimate of drug-likeness (QED) is 0.713. The molecule has 0 unspecified atom stereocenters. The summed E-state index contributed by atoms with van der Waals surface area (Å²) in [5.74, 6) is 0. The molecule has 0 spiro atoms. The fraction of sp³-hybridized carbons (Fsp3) is 0.500. The van der Waals surface area contributed by atoms with Crippen molar-refractivity contribution in [3.63, 3.8) is 0 Å². The summed E-state index contributed by atoms with van der Waals surface area (Å²) in [7, 11) is 0. The molecule has 5 nitrogen and oxygen atoms in total. The van der Waals surface area contributed by atoms with E-state index >= 15 is 0 Å². The third-order valence-electron chi connectivity index (χ3n) is 5.25. The Morgan fingerprint density at radius 2 is 1.63 bits per heavy atom. The molecule has 0 bridgehead atoms. The topological polar surface area (TPSA) is 38.8 Å². The second kappa shape index (κ2) is 10.3. The molecule has 0 atom stereocenters. The highest BCUT2D eigenvalue weighted by Gasteiger charge is 2.21. The molecule has 1 aliphatic rings. The van der Waals surface area contributed by atoms with Crippen LogP contribution in [0.1, 0.15) is 16.7 Å². The van der Waals surface area contributed by atoms with Gasteiger partial charge in [0.05, 0.1) is 0 Å². The summed E-state index contributed by atoms with van der Waals surface area (Å²) < 4.78 is 0. The molecule has 0 aliphatic carbocycles. The summed E-state index contributed by atoms with van der Waals surface area (Å²) in [6, 6.07) is 4.19. The van der Waals surface area contributed by atoms with Crippen LogP contribution in [0, 0.1) is 20.8 Å². The number of amides is 2. The van der Waals surface area contributed by atoms with E-state index < -0.39 is 0 Å². The third kappa shape index (κ3) is 6.22. The molecule has 1 fully saturated rings. The molecule has 5 heteroatoms. The van der Waals surface area contributed by atoms with Crippen molar-refractivity contribution in [1.82, 2.24) is 14.7 Å². The Kier molecular flexibility index (Phi) is 8.07. The number of carbonyl (C=O) groups is 1. The molecule has 0 saturated carbocycles. The standard InChI is InChI=1S/C22H34N4O/c1-6-8-24(9-7-2)10-11-25-12-14-26(15-13-25)22(27)23-21-17-19(4)18(3)16-20(21)5/h6-7,16-17H,1-2,8-15H2,3-5H3,(H,23,27). The van der Waals surface area contributed by atoms with E-state index in [-0.39, 0.29) is 6.03 Å².